The Labute approximate surface area is 196 Å². The molecule has 30 heavy (non-hydrogen) atoms. The monoisotopic (exact) mass is 553 g/mol. The largest absolute Gasteiger partial charge is 0.309 e. The highest BCUT2D eigenvalue weighted by atomic mass is 79.9. The number of rotatable bonds is 5. The molecular weight excluding hydrogens is 530 g/mol. The van der Waals surface area contributed by atoms with Gasteiger partial charge in [0.1, 0.15) is 0 Å². The Morgan fingerprint density at radius 1 is 1.17 bits per heavy atom. The summed E-state index contributed by atoms with van der Waals surface area (Å²) in [5.74, 6) is 0. The van der Waals surface area contributed by atoms with E-state index in [1.54, 1.807) is 27.4 Å². The van der Waals surface area contributed by atoms with Crippen molar-refractivity contribution in [3.05, 3.63) is 62.5 Å². The quantitative estimate of drug-likeness (QED) is 0.473. The van der Waals surface area contributed by atoms with Crippen molar-refractivity contribution in [1.29, 1.82) is 5.26 Å². The van der Waals surface area contributed by atoms with E-state index in [4.69, 9.17) is 0 Å². The maximum atomic E-state index is 13.7. The van der Waals surface area contributed by atoms with Crippen LogP contribution in [0.4, 0.5) is 0 Å². The lowest BCUT2D eigenvalue weighted by molar-refractivity contribution is 0.314. The first-order valence-electron chi connectivity index (χ1n) is 9.73. The van der Waals surface area contributed by atoms with E-state index in [0.29, 0.717) is 28.5 Å². The topological polar surface area (TPSA) is 64.4 Å². The molecular formula is C22H25Br2N3O2S. The van der Waals surface area contributed by atoms with Crippen LogP contribution in [0.3, 0.4) is 0 Å². The lowest BCUT2D eigenvalue weighted by atomic mass is 9.87. The van der Waals surface area contributed by atoms with Crippen LogP contribution in [0, 0.1) is 11.5 Å². The molecule has 1 fully saturated rings. The van der Waals surface area contributed by atoms with Crippen LogP contribution in [0.15, 0.2) is 56.3 Å². The average Bonchev–Trinajstić information content (AvgIpc) is 3.16. The standard InChI is InChI=1S/C22H25Br2N3O2S/c1-22(2,3)17-6-4-16(5-7-17)13-27(19-10-11-26(14-19)15-25)30(28,29)21-12-18(23)8-9-20(21)24/h4-9,12,19H,10-11,13-14H2,1-3H3/t19-/m1/s1. The first kappa shape index (κ1) is 23.3. The van der Waals surface area contributed by atoms with Crippen LogP contribution in [-0.2, 0) is 22.0 Å². The molecule has 1 saturated heterocycles. The Morgan fingerprint density at radius 3 is 2.40 bits per heavy atom. The summed E-state index contributed by atoms with van der Waals surface area (Å²) < 4.78 is 30.1. The molecule has 0 bridgehead atoms. The smallest absolute Gasteiger partial charge is 0.244 e. The molecule has 0 unspecified atom stereocenters. The molecule has 1 heterocycles. The van der Waals surface area contributed by atoms with E-state index in [2.05, 4.69) is 71.0 Å². The van der Waals surface area contributed by atoms with Crippen LogP contribution >= 0.6 is 31.9 Å². The van der Waals surface area contributed by atoms with Crippen molar-refractivity contribution in [1.82, 2.24) is 9.21 Å². The fourth-order valence-electron chi connectivity index (χ4n) is 3.57. The molecule has 0 radical (unpaired) electrons. The molecule has 0 aromatic heterocycles. The molecule has 0 aliphatic carbocycles. The second kappa shape index (κ2) is 8.99. The number of hydrogen-bond acceptors (Lipinski definition) is 4. The normalized spacial score (nSPS) is 17.4. The van der Waals surface area contributed by atoms with Gasteiger partial charge in [0.15, 0.2) is 6.19 Å². The summed E-state index contributed by atoms with van der Waals surface area (Å²) in [4.78, 5) is 1.84. The lowest BCUT2D eigenvalue weighted by Crippen LogP contribution is -2.41. The number of sulfonamides is 1. The highest BCUT2D eigenvalue weighted by Gasteiger charge is 2.37. The van der Waals surface area contributed by atoms with Gasteiger partial charge in [-0.3, -0.25) is 0 Å². The molecule has 8 heteroatoms. The van der Waals surface area contributed by atoms with Crippen LogP contribution in [0.25, 0.3) is 0 Å². The van der Waals surface area contributed by atoms with Gasteiger partial charge in [0, 0.05) is 34.6 Å². The van der Waals surface area contributed by atoms with E-state index in [1.807, 2.05) is 12.1 Å². The molecule has 2 aromatic rings. The molecule has 5 nitrogen and oxygen atoms in total. The van der Waals surface area contributed by atoms with Crippen molar-refractivity contribution in [3.8, 4) is 6.19 Å². The summed E-state index contributed by atoms with van der Waals surface area (Å²) in [6.07, 6.45) is 2.77. The summed E-state index contributed by atoms with van der Waals surface area (Å²) in [5.41, 5.74) is 2.16. The van der Waals surface area contributed by atoms with Crippen LogP contribution < -0.4 is 0 Å². The van der Waals surface area contributed by atoms with Gasteiger partial charge in [-0.1, -0.05) is 61.0 Å². The second-order valence-corrected chi connectivity index (χ2v) is 12.2. The van der Waals surface area contributed by atoms with Crippen LogP contribution in [0.5, 0.6) is 0 Å². The fraction of sp³-hybridized carbons (Fsp3) is 0.409. The zero-order valence-corrected chi connectivity index (χ0v) is 21.3. The van der Waals surface area contributed by atoms with E-state index in [0.717, 1.165) is 5.56 Å². The average molecular weight is 555 g/mol. The summed E-state index contributed by atoms with van der Waals surface area (Å²) in [6.45, 7) is 7.68. The third kappa shape index (κ3) is 5.08. The van der Waals surface area contributed by atoms with Gasteiger partial charge in [0.2, 0.25) is 10.0 Å². The molecule has 0 spiro atoms. The van der Waals surface area contributed by atoms with Gasteiger partial charge in [-0.05, 0) is 57.1 Å². The Hall–Kier alpha value is -1.40. The van der Waals surface area contributed by atoms with Crippen LogP contribution in [0.1, 0.15) is 38.3 Å². The van der Waals surface area contributed by atoms with Gasteiger partial charge >= 0.3 is 0 Å². The van der Waals surface area contributed by atoms with E-state index < -0.39 is 10.0 Å². The summed E-state index contributed by atoms with van der Waals surface area (Å²) in [6, 6.07) is 13.0. The Bertz CT molecular complexity index is 1060. The fourth-order valence-corrected chi connectivity index (χ4v) is 6.67. The maximum Gasteiger partial charge on any atom is 0.244 e. The van der Waals surface area contributed by atoms with E-state index >= 15 is 0 Å². The Kier molecular flexibility index (Phi) is 6.97. The molecule has 0 N–H and O–H groups in total. The van der Waals surface area contributed by atoms with E-state index in [9.17, 15) is 13.7 Å². The third-order valence-electron chi connectivity index (χ3n) is 5.35. The molecule has 1 aliphatic heterocycles. The van der Waals surface area contributed by atoms with Crippen molar-refractivity contribution < 1.29 is 8.42 Å². The van der Waals surface area contributed by atoms with Gasteiger partial charge in [0.25, 0.3) is 0 Å². The summed E-state index contributed by atoms with van der Waals surface area (Å²) >= 11 is 6.78. The zero-order chi connectivity index (χ0) is 22.1. The number of nitrogens with zero attached hydrogens (tertiary/aromatic N) is 3. The summed E-state index contributed by atoms with van der Waals surface area (Å²) in [7, 11) is -3.79. The molecule has 1 atom stereocenters. The maximum absolute atomic E-state index is 13.7. The number of likely N-dealkylation sites (tertiary alicyclic amines) is 1. The molecule has 2 aromatic carbocycles. The molecule has 1 aliphatic rings. The third-order valence-corrected chi connectivity index (χ3v) is 8.74. The molecule has 160 valence electrons. The molecule has 0 amide bonds. The SMILES string of the molecule is CC(C)(C)c1ccc(CN([C@@H]2CCN(C#N)C2)S(=O)(=O)c2cc(Br)ccc2Br)cc1. The highest BCUT2D eigenvalue weighted by Crippen LogP contribution is 2.32. The highest BCUT2D eigenvalue weighted by molar-refractivity contribution is 9.11. The van der Waals surface area contributed by atoms with Gasteiger partial charge in [-0.15, -0.1) is 0 Å². The van der Waals surface area contributed by atoms with Gasteiger partial charge in [-0.2, -0.15) is 9.57 Å². The summed E-state index contributed by atoms with van der Waals surface area (Å²) in [5, 5.41) is 9.26. The predicted molar refractivity (Wildman–Crippen MR) is 125 cm³/mol. The van der Waals surface area contributed by atoms with E-state index in [-0.39, 0.29) is 22.9 Å². The lowest BCUT2D eigenvalue weighted by Gasteiger charge is -2.29. The number of benzene rings is 2. The number of halogens is 2. The molecule has 0 saturated carbocycles. The van der Waals surface area contributed by atoms with Crippen molar-refractivity contribution in [2.24, 2.45) is 0 Å². The van der Waals surface area contributed by atoms with Gasteiger partial charge in [0.05, 0.1) is 4.90 Å². The minimum absolute atomic E-state index is 0.0320. The van der Waals surface area contributed by atoms with E-state index in [1.165, 1.54) is 5.56 Å². The minimum Gasteiger partial charge on any atom is -0.309 e. The van der Waals surface area contributed by atoms with Crippen molar-refractivity contribution in [3.63, 3.8) is 0 Å². The number of nitriles is 1. The van der Waals surface area contributed by atoms with Gasteiger partial charge in [-0.25, -0.2) is 8.42 Å². The Balaban J connectivity index is 1.99. The predicted octanol–water partition coefficient (Wildman–Crippen LogP) is 5.26. The number of hydrogen-bond donors (Lipinski definition) is 0. The molecule has 3 rings (SSSR count). The first-order valence-corrected chi connectivity index (χ1v) is 12.8. The van der Waals surface area contributed by atoms with Crippen LogP contribution in [-0.4, -0.2) is 36.8 Å². The van der Waals surface area contributed by atoms with Crippen LogP contribution in [0.2, 0.25) is 0 Å². The van der Waals surface area contributed by atoms with Crippen molar-refractivity contribution >= 4 is 41.9 Å². The zero-order valence-electron chi connectivity index (χ0n) is 17.3. The van der Waals surface area contributed by atoms with Crippen molar-refractivity contribution in [2.45, 2.75) is 50.1 Å². The van der Waals surface area contributed by atoms with Crippen molar-refractivity contribution in [2.75, 3.05) is 13.1 Å². The Morgan fingerprint density at radius 2 is 1.83 bits per heavy atom. The second-order valence-electron chi connectivity index (χ2n) is 8.56. The minimum atomic E-state index is -3.79. The first-order chi connectivity index (χ1) is 14.0. The van der Waals surface area contributed by atoms with Gasteiger partial charge < -0.3 is 4.90 Å².